The molecule has 2 aromatic rings. The Bertz CT molecular complexity index is 699. The van der Waals surface area contributed by atoms with Gasteiger partial charge >= 0.3 is 0 Å². The molecule has 0 saturated heterocycles. The van der Waals surface area contributed by atoms with E-state index in [2.05, 4.69) is 4.98 Å². The van der Waals surface area contributed by atoms with Crippen LogP contribution in [0.4, 0.5) is 4.39 Å². The van der Waals surface area contributed by atoms with Gasteiger partial charge in [-0.25, -0.2) is 9.37 Å². The van der Waals surface area contributed by atoms with Crippen molar-refractivity contribution in [2.45, 2.75) is 6.54 Å². The number of nitrogens with zero attached hydrogens (tertiary/aromatic N) is 2. The molecule has 0 atom stereocenters. The van der Waals surface area contributed by atoms with Crippen LogP contribution in [-0.4, -0.2) is 21.1 Å². The highest BCUT2D eigenvalue weighted by Gasteiger charge is 2.24. The van der Waals surface area contributed by atoms with Gasteiger partial charge in [-0.15, -0.1) is 0 Å². The van der Waals surface area contributed by atoms with Crippen molar-refractivity contribution in [2.24, 2.45) is 0 Å². The SMILES string of the molecule is O=C1C=CC(=O)c2c1ncn2Cc1ccc(F)cc1. The molecule has 0 N–H and O–H groups in total. The van der Waals surface area contributed by atoms with Crippen molar-refractivity contribution in [1.82, 2.24) is 9.55 Å². The van der Waals surface area contributed by atoms with Gasteiger partial charge in [0.15, 0.2) is 0 Å². The molecule has 1 aromatic heterocycles. The third kappa shape index (κ3) is 1.99. The maximum absolute atomic E-state index is 12.8. The topological polar surface area (TPSA) is 52.0 Å². The number of fused-ring (bicyclic) bond motifs is 1. The van der Waals surface area contributed by atoms with E-state index in [0.29, 0.717) is 6.54 Å². The normalized spacial score (nSPS) is 13.7. The number of hydrogen-bond acceptors (Lipinski definition) is 3. The summed E-state index contributed by atoms with van der Waals surface area (Å²) in [5.41, 5.74) is 1.29. The Morgan fingerprint density at radius 3 is 2.47 bits per heavy atom. The molecule has 1 aliphatic rings. The van der Waals surface area contributed by atoms with Gasteiger partial charge in [0.2, 0.25) is 11.6 Å². The lowest BCUT2D eigenvalue weighted by Gasteiger charge is -2.09. The Balaban J connectivity index is 1.98. The van der Waals surface area contributed by atoms with Gasteiger partial charge in [-0.2, -0.15) is 0 Å². The molecule has 5 heteroatoms. The second-order valence-electron chi connectivity index (χ2n) is 4.26. The van der Waals surface area contributed by atoms with E-state index < -0.39 is 0 Å². The monoisotopic (exact) mass is 256 g/mol. The molecule has 3 rings (SSSR count). The number of halogens is 1. The quantitative estimate of drug-likeness (QED) is 0.825. The summed E-state index contributed by atoms with van der Waals surface area (Å²) < 4.78 is 14.4. The first-order valence-corrected chi connectivity index (χ1v) is 5.71. The van der Waals surface area contributed by atoms with Crippen LogP contribution in [0.3, 0.4) is 0 Å². The van der Waals surface area contributed by atoms with Crippen LogP contribution >= 0.6 is 0 Å². The summed E-state index contributed by atoms with van der Waals surface area (Å²) in [4.78, 5) is 27.3. The van der Waals surface area contributed by atoms with Crippen molar-refractivity contribution in [3.63, 3.8) is 0 Å². The molecule has 0 unspecified atom stereocenters. The standard InChI is InChI=1S/C14H9FN2O2/c15-10-3-1-9(2-4-10)7-17-8-16-13-11(18)5-6-12(19)14(13)17/h1-6,8H,7H2. The second kappa shape index (κ2) is 4.28. The van der Waals surface area contributed by atoms with Crippen LogP contribution in [0.25, 0.3) is 0 Å². The molecular weight excluding hydrogens is 247 g/mol. The number of hydrogen-bond donors (Lipinski definition) is 0. The average Bonchev–Trinajstić information content (AvgIpc) is 2.82. The smallest absolute Gasteiger partial charge is 0.206 e. The van der Waals surface area contributed by atoms with Gasteiger partial charge in [0.25, 0.3) is 0 Å². The molecule has 1 aliphatic carbocycles. The zero-order valence-electron chi connectivity index (χ0n) is 9.84. The summed E-state index contributed by atoms with van der Waals surface area (Å²) in [5.74, 6) is -0.827. The molecule has 0 amide bonds. The fraction of sp³-hybridized carbons (Fsp3) is 0.0714. The molecule has 1 heterocycles. The molecule has 19 heavy (non-hydrogen) atoms. The highest BCUT2D eigenvalue weighted by Crippen LogP contribution is 2.17. The maximum atomic E-state index is 12.8. The molecule has 0 radical (unpaired) electrons. The van der Waals surface area contributed by atoms with Crippen LogP contribution in [0, 0.1) is 5.82 Å². The highest BCUT2D eigenvalue weighted by atomic mass is 19.1. The van der Waals surface area contributed by atoms with Crippen molar-refractivity contribution in [1.29, 1.82) is 0 Å². The third-order valence-electron chi connectivity index (χ3n) is 2.96. The number of carbonyl (C=O) groups is 2. The number of aromatic nitrogens is 2. The Morgan fingerprint density at radius 1 is 1.05 bits per heavy atom. The predicted octanol–water partition coefficient (Wildman–Crippen LogP) is 2.01. The first kappa shape index (κ1) is 11.5. The number of allylic oxidation sites excluding steroid dienone is 2. The molecule has 94 valence electrons. The first-order valence-electron chi connectivity index (χ1n) is 5.71. The van der Waals surface area contributed by atoms with Gasteiger partial charge in [-0.05, 0) is 29.8 Å². The summed E-state index contributed by atoms with van der Waals surface area (Å²) in [6, 6.07) is 5.97. The molecule has 0 fully saturated rings. The minimum Gasteiger partial charge on any atom is -0.323 e. The van der Waals surface area contributed by atoms with Crippen LogP contribution in [0.1, 0.15) is 26.5 Å². The molecule has 0 saturated carbocycles. The summed E-state index contributed by atoms with van der Waals surface area (Å²) >= 11 is 0. The van der Waals surface area contributed by atoms with Crippen LogP contribution in [0.15, 0.2) is 42.7 Å². The lowest BCUT2D eigenvalue weighted by atomic mass is 10.1. The third-order valence-corrected chi connectivity index (χ3v) is 2.96. The zero-order valence-corrected chi connectivity index (χ0v) is 9.84. The Kier molecular flexibility index (Phi) is 2.59. The lowest BCUT2D eigenvalue weighted by Crippen LogP contribution is -2.15. The summed E-state index contributed by atoms with van der Waals surface area (Å²) in [6.45, 7) is 0.371. The van der Waals surface area contributed by atoms with Crippen molar-refractivity contribution in [2.75, 3.05) is 0 Å². The summed E-state index contributed by atoms with van der Waals surface area (Å²) in [5, 5.41) is 0. The van der Waals surface area contributed by atoms with Gasteiger partial charge < -0.3 is 4.57 Å². The van der Waals surface area contributed by atoms with Crippen molar-refractivity contribution < 1.29 is 14.0 Å². The van der Waals surface area contributed by atoms with E-state index in [4.69, 9.17) is 0 Å². The van der Waals surface area contributed by atoms with Crippen LogP contribution in [0.2, 0.25) is 0 Å². The minimum atomic E-state index is -0.314. The van der Waals surface area contributed by atoms with E-state index in [1.165, 1.54) is 30.6 Å². The number of carbonyl (C=O) groups excluding carboxylic acids is 2. The van der Waals surface area contributed by atoms with Crippen molar-refractivity contribution >= 4 is 11.6 Å². The molecule has 0 bridgehead atoms. The van der Waals surface area contributed by atoms with Crippen LogP contribution < -0.4 is 0 Å². The van der Waals surface area contributed by atoms with E-state index in [9.17, 15) is 14.0 Å². The highest BCUT2D eigenvalue weighted by molar-refractivity contribution is 6.20. The number of benzene rings is 1. The largest absolute Gasteiger partial charge is 0.323 e. The maximum Gasteiger partial charge on any atom is 0.206 e. The van der Waals surface area contributed by atoms with Crippen LogP contribution in [0.5, 0.6) is 0 Å². The van der Waals surface area contributed by atoms with E-state index in [1.807, 2.05) is 0 Å². The van der Waals surface area contributed by atoms with E-state index in [-0.39, 0.29) is 28.8 Å². The zero-order chi connectivity index (χ0) is 13.4. The van der Waals surface area contributed by atoms with E-state index in [1.54, 1.807) is 16.7 Å². The van der Waals surface area contributed by atoms with Gasteiger partial charge in [0.1, 0.15) is 17.2 Å². The number of ketones is 2. The van der Waals surface area contributed by atoms with Crippen LogP contribution in [-0.2, 0) is 6.54 Å². The number of imidazole rings is 1. The van der Waals surface area contributed by atoms with Gasteiger partial charge in [-0.1, -0.05) is 12.1 Å². The molecule has 4 nitrogen and oxygen atoms in total. The van der Waals surface area contributed by atoms with Crippen molar-refractivity contribution in [3.8, 4) is 0 Å². The van der Waals surface area contributed by atoms with E-state index in [0.717, 1.165) is 5.56 Å². The van der Waals surface area contributed by atoms with E-state index >= 15 is 0 Å². The Hall–Kier alpha value is -2.56. The van der Waals surface area contributed by atoms with Gasteiger partial charge in [-0.3, -0.25) is 9.59 Å². The molecule has 1 aromatic carbocycles. The molecule has 0 aliphatic heterocycles. The van der Waals surface area contributed by atoms with Gasteiger partial charge in [0.05, 0.1) is 6.33 Å². The fourth-order valence-electron chi connectivity index (χ4n) is 2.04. The summed E-state index contributed by atoms with van der Waals surface area (Å²) in [6.07, 6.45) is 3.92. The lowest BCUT2D eigenvalue weighted by molar-refractivity contribution is 0.0986. The average molecular weight is 256 g/mol. The fourth-order valence-corrected chi connectivity index (χ4v) is 2.04. The van der Waals surface area contributed by atoms with Crippen molar-refractivity contribution in [3.05, 3.63) is 65.5 Å². The predicted molar refractivity (Wildman–Crippen MR) is 65.5 cm³/mol. The Morgan fingerprint density at radius 2 is 1.74 bits per heavy atom. The first-order chi connectivity index (χ1) is 9.15. The minimum absolute atomic E-state index is 0.176. The molecular formula is C14H9FN2O2. The Labute approximate surface area is 108 Å². The number of rotatable bonds is 2. The second-order valence-corrected chi connectivity index (χ2v) is 4.26. The molecule has 0 spiro atoms. The van der Waals surface area contributed by atoms with Gasteiger partial charge in [0, 0.05) is 6.54 Å². The summed E-state index contributed by atoms with van der Waals surface area (Å²) in [7, 11) is 0.